The van der Waals surface area contributed by atoms with Crippen molar-refractivity contribution in [2.24, 2.45) is 0 Å². The van der Waals surface area contributed by atoms with Crippen molar-refractivity contribution in [3.05, 3.63) is 77.9 Å². The first kappa shape index (κ1) is 19.5. The van der Waals surface area contributed by atoms with E-state index in [4.69, 9.17) is 10.2 Å². The van der Waals surface area contributed by atoms with Crippen LogP contribution in [0.2, 0.25) is 0 Å². The highest BCUT2D eigenvalue weighted by Crippen LogP contribution is 2.36. The molecule has 5 nitrogen and oxygen atoms in total. The molecule has 1 atom stereocenters. The molecule has 3 rings (SSSR count). The molecule has 0 aliphatic heterocycles. The molecule has 0 radical (unpaired) electrons. The second-order valence-corrected chi connectivity index (χ2v) is 8.03. The Balaban J connectivity index is 2.21. The Morgan fingerprint density at radius 3 is 1.75 bits per heavy atom. The molecule has 2 N–H and O–H groups in total. The van der Waals surface area contributed by atoms with Crippen molar-refractivity contribution in [2.75, 3.05) is 6.16 Å². The fourth-order valence-corrected chi connectivity index (χ4v) is 4.13. The lowest BCUT2D eigenvalue weighted by Gasteiger charge is -2.11. The van der Waals surface area contributed by atoms with Gasteiger partial charge >= 0.3 is 19.7 Å². The largest absolute Gasteiger partial charge is 0.478 e. The van der Waals surface area contributed by atoms with Crippen LogP contribution < -0.4 is 5.30 Å². The van der Waals surface area contributed by atoms with Crippen LogP contribution in [-0.2, 0) is 4.57 Å². The fraction of sp³-hybridized carbons (Fsp3) is 0.0909. The normalized spacial score (nSPS) is 11.1. The van der Waals surface area contributed by atoms with E-state index in [1.165, 1.54) is 24.3 Å². The summed E-state index contributed by atoms with van der Waals surface area (Å²) in [5, 5.41) is 18.9. The topological polar surface area (TPSA) is 91.7 Å². The second-order valence-electron chi connectivity index (χ2n) is 6.16. The van der Waals surface area contributed by atoms with Crippen LogP contribution >= 0.6 is 7.80 Å². The minimum Gasteiger partial charge on any atom is -0.478 e. The summed E-state index contributed by atoms with van der Waals surface area (Å²) in [6.07, 6.45) is 0.483. The first-order chi connectivity index (χ1) is 13.4. The lowest BCUT2D eigenvalue weighted by atomic mass is 9.93. The zero-order valence-electron chi connectivity index (χ0n) is 15.1. The molecule has 140 valence electrons. The predicted octanol–water partition coefficient (Wildman–Crippen LogP) is 4.89. The average molecular weight is 393 g/mol. The first-order valence-electron chi connectivity index (χ1n) is 8.67. The third kappa shape index (κ3) is 3.85. The molecular formula is C22H18O5P+. The molecule has 0 saturated heterocycles. The molecule has 0 bridgehead atoms. The van der Waals surface area contributed by atoms with Gasteiger partial charge in [-0.05, 0) is 53.9 Å². The van der Waals surface area contributed by atoms with Crippen molar-refractivity contribution in [3.8, 4) is 22.3 Å². The summed E-state index contributed by atoms with van der Waals surface area (Å²) < 4.78 is 12.7. The highest BCUT2D eigenvalue weighted by Gasteiger charge is 2.25. The smallest absolute Gasteiger partial charge is 0.377 e. The quantitative estimate of drug-likeness (QED) is 0.582. The minimum atomic E-state index is -1.62. The van der Waals surface area contributed by atoms with Gasteiger partial charge in [0.15, 0.2) is 5.30 Å². The van der Waals surface area contributed by atoms with Gasteiger partial charge in [0.25, 0.3) is 0 Å². The van der Waals surface area contributed by atoms with Crippen LogP contribution in [0.1, 0.15) is 27.6 Å². The number of rotatable bonds is 6. The molecule has 0 aliphatic carbocycles. The summed E-state index contributed by atoms with van der Waals surface area (Å²) in [7, 11) is -1.62. The standard InChI is InChI=1S/C22H17O5P/c1-2-28(27)19-5-3-4-18(14-6-10-16(11-7-14)21(23)24)20(19)15-8-12-17(13-9-15)22(25)26/h3-13H,2H2,1H3,(H-,23,24,25,26)/p+1. The van der Waals surface area contributed by atoms with Crippen LogP contribution in [0.3, 0.4) is 0 Å². The highest BCUT2D eigenvalue weighted by molar-refractivity contribution is 7.53. The number of carboxylic acid groups (broad SMARTS) is 2. The number of hydrogen-bond acceptors (Lipinski definition) is 3. The van der Waals surface area contributed by atoms with Gasteiger partial charge in [-0.2, -0.15) is 0 Å². The summed E-state index contributed by atoms with van der Waals surface area (Å²) in [6, 6.07) is 18.5. The molecule has 0 heterocycles. The number of hydrogen-bond donors (Lipinski definition) is 2. The van der Waals surface area contributed by atoms with Crippen molar-refractivity contribution in [1.82, 2.24) is 0 Å². The van der Waals surface area contributed by atoms with Gasteiger partial charge in [0, 0.05) is 5.56 Å². The average Bonchev–Trinajstić information content (AvgIpc) is 2.72. The van der Waals surface area contributed by atoms with Gasteiger partial charge in [-0.1, -0.05) is 41.0 Å². The van der Waals surface area contributed by atoms with E-state index in [0.717, 1.165) is 22.3 Å². The molecule has 3 aromatic carbocycles. The van der Waals surface area contributed by atoms with Crippen molar-refractivity contribution in [1.29, 1.82) is 0 Å². The van der Waals surface area contributed by atoms with Crippen LogP contribution in [0.25, 0.3) is 22.3 Å². The minimum absolute atomic E-state index is 0.175. The van der Waals surface area contributed by atoms with E-state index in [1.807, 2.05) is 25.1 Å². The van der Waals surface area contributed by atoms with Gasteiger partial charge in [-0.25, -0.2) is 9.59 Å². The Kier molecular flexibility index (Phi) is 5.67. The molecule has 0 aliphatic rings. The summed E-state index contributed by atoms with van der Waals surface area (Å²) in [5.74, 6) is -2.01. The molecule has 1 unspecified atom stereocenters. The number of carbonyl (C=O) groups is 2. The Morgan fingerprint density at radius 1 is 0.786 bits per heavy atom. The van der Waals surface area contributed by atoms with E-state index in [-0.39, 0.29) is 11.1 Å². The van der Waals surface area contributed by atoms with E-state index in [0.29, 0.717) is 11.5 Å². The van der Waals surface area contributed by atoms with Crippen molar-refractivity contribution in [2.45, 2.75) is 6.92 Å². The molecule has 0 spiro atoms. The molecule has 0 amide bonds. The molecular weight excluding hydrogens is 375 g/mol. The summed E-state index contributed by atoms with van der Waals surface area (Å²) >= 11 is 0. The molecule has 0 aromatic heterocycles. The Labute approximate surface area is 163 Å². The van der Waals surface area contributed by atoms with Gasteiger partial charge in [0.2, 0.25) is 0 Å². The van der Waals surface area contributed by atoms with E-state index < -0.39 is 19.7 Å². The van der Waals surface area contributed by atoms with Crippen LogP contribution in [0.4, 0.5) is 0 Å². The number of carboxylic acids is 2. The zero-order chi connectivity index (χ0) is 20.3. The summed E-state index contributed by atoms with van der Waals surface area (Å²) in [6.45, 7) is 1.85. The van der Waals surface area contributed by atoms with E-state index in [2.05, 4.69) is 0 Å². The SMILES string of the molecule is CC[P+](=O)c1cccc(-c2ccc(C(=O)O)cc2)c1-c1ccc(C(=O)O)cc1. The molecule has 0 fully saturated rings. The second kappa shape index (κ2) is 8.15. The van der Waals surface area contributed by atoms with Gasteiger partial charge < -0.3 is 10.2 Å². The lowest BCUT2D eigenvalue weighted by molar-refractivity contribution is 0.0686. The first-order valence-corrected chi connectivity index (χ1v) is 10.1. The van der Waals surface area contributed by atoms with Crippen LogP contribution in [0, 0.1) is 0 Å². The van der Waals surface area contributed by atoms with E-state index in [9.17, 15) is 14.2 Å². The molecule has 28 heavy (non-hydrogen) atoms. The van der Waals surface area contributed by atoms with E-state index >= 15 is 0 Å². The zero-order valence-corrected chi connectivity index (χ0v) is 16.0. The van der Waals surface area contributed by atoms with Crippen molar-refractivity contribution >= 4 is 25.0 Å². The monoisotopic (exact) mass is 393 g/mol. The number of aromatic carboxylic acids is 2. The maximum Gasteiger partial charge on any atom is 0.377 e. The third-order valence-corrected chi connectivity index (χ3v) is 5.95. The predicted molar refractivity (Wildman–Crippen MR) is 109 cm³/mol. The van der Waals surface area contributed by atoms with Gasteiger partial charge in [0.1, 0.15) is 6.16 Å². The van der Waals surface area contributed by atoms with Crippen molar-refractivity contribution < 1.29 is 24.4 Å². The van der Waals surface area contributed by atoms with Gasteiger partial charge in [0.05, 0.1) is 11.1 Å². The fourth-order valence-electron chi connectivity index (χ4n) is 3.03. The van der Waals surface area contributed by atoms with Gasteiger partial charge in [-0.3, -0.25) is 0 Å². The van der Waals surface area contributed by atoms with E-state index in [1.54, 1.807) is 24.3 Å². The van der Waals surface area contributed by atoms with Crippen molar-refractivity contribution in [3.63, 3.8) is 0 Å². The maximum atomic E-state index is 12.7. The van der Waals surface area contributed by atoms with Crippen LogP contribution in [0.15, 0.2) is 66.7 Å². The van der Waals surface area contributed by atoms with Crippen LogP contribution in [0.5, 0.6) is 0 Å². The lowest BCUT2D eigenvalue weighted by Crippen LogP contribution is -2.05. The molecule has 3 aromatic rings. The van der Waals surface area contributed by atoms with Crippen LogP contribution in [-0.4, -0.2) is 28.3 Å². The summed E-state index contributed by atoms with van der Waals surface area (Å²) in [5.41, 5.74) is 3.50. The maximum absolute atomic E-state index is 12.7. The number of benzene rings is 3. The third-order valence-electron chi connectivity index (χ3n) is 4.46. The Bertz CT molecular complexity index is 1050. The highest BCUT2D eigenvalue weighted by atomic mass is 31.1. The molecule has 0 saturated carbocycles. The molecule has 6 heteroatoms. The Morgan fingerprint density at radius 2 is 1.29 bits per heavy atom. The van der Waals surface area contributed by atoms with Gasteiger partial charge in [-0.15, -0.1) is 0 Å². The summed E-state index contributed by atoms with van der Waals surface area (Å²) in [4.78, 5) is 22.3. The Hall–Kier alpha value is -3.30.